The fraction of sp³-hybridized carbons (Fsp3) is 0.417. The third-order valence-electron chi connectivity index (χ3n) is 2.86. The lowest BCUT2D eigenvalue weighted by molar-refractivity contribution is 0.0929. The number of nitrogens with one attached hydrogen (secondary N) is 2. The lowest BCUT2D eigenvalue weighted by Gasteiger charge is -2.23. The summed E-state index contributed by atoms with van der Waals surface area (Å²) in [6, 6.07) is 5.49. The molecule has 0 aromatic heterocycles. The zero-order valence-electron chi connectivity index (χ0n) is 9.30. The van der Waals surface area contributed by atoms with Gasteiger partial charge in [0.25, 0.3) is 5.91 Å². The van der Waals surface area contributed by atoms with Crippen LogP contribution in [0.3, 0.4) is 0 Å². The molecule has 1 aromatic carbocycles. The summed E-state index contributed by atoms with van der Waals surface area (Å²) in [7, 11) is 0. The predicted molar refractivity (Wildman–Crippen MR) is 72.5 cm³/mol. The van der Waals surface area contributed by atoms with Crippen molar-refractivity contribution in [3.05, 3.63) is 33.3 Å². The third-order valence-corrected chi connectivity index (χ3v) is 4.07. The van der Waals surface area contributed by atoms with Crippen LogP contribution in [-0.2, 0) is 0 Å². The Hall–Kier alpha value is -0.580. The van der Waals surface area contributed by atoms with Crippen LogP contribution in [0.2, 0.25) is 5.02 Å². The molecule has 0 radical (unpaired) electrons. The molecule has 92 valence electrons. The summed E-state index contributed by atoms with van der Waals surface area (Å²) < 4.78 is 0.747. The number of hydrogen-bond donors (Lipinski definition) is 2. The van der Waals surface area contributed by atoms with Gasteiger partial charge in [0.15, 0.2) is 0 Å². The Bertz CT molecular complexity index is 419. The van der Waals surface area contributed by atoms with Gasteiger partial charge in [-0.15, -0.1) is 0 Å². The monoisotopic (exact) mass is 316 g/mol. The van der Waals surface area contributed by atoms with Gasteiger partial charge in [0.05, 0.1) is 5.02 Å². The average molecular weight is 318 g/mol. The first-order chi connectivity index (χ1) is 8.16. The third kappa shape index (κ3) is 3.44. The number of rotatable bonds is 2. The molecule has 3 nitrogen and oxygen atoms in total. The van der Waals surface area contributed by atoms with Crippen LogP contribution in [0.25, 0.3) is 0 Å². The van der Waals surface area contributed by atoms with E-state index in [2.05, 4.69) is 26.6 Å². The van der Waals surface area contributed by atoms with Crippen molar-refractivity contribution in [2.75, 3.05) is 13.1 Å². The van der Waals surface area contributed by atoms with Gasteiger partial charge in [0.2, 0.25) is 0 Å². The molecule has 1 saturated heterocycles. The molecule has 5 heteroatoms. The molecule has 1 heterocycles. The van der Waals surface area contributed by atoms with Crippen molar-refractivity contribution in [3.8, 4) is 0 Å². The minimum Gasteiger partial charge on any atom is -0.349 e. The van der Waals surface area contributed by atoms with E-state index in [0.29, 0.717) is 10.6 Å². The zero-order valence-corrected chi connectivity index (χ0v) is 11.6. The Labute approximate surface area is 114 Å². The van der Waals surface area contributed by atoms with Gasteiger partial charge in [-0.3, -0.25) is 4.79 Å². The van der Waals surface area contributed by atoms with E-state index < -0.39 is 0 Å². The molecule has 1 amide bonds. The van der Waals surface area contributed by atoms with Crippen LogP contribution in [0, 0.1) is 0 Å². The first-order valence-electron chi connectivity index (χ1n) is 5.63. The minimum absolute atomic E-state index is 0.0331. The summed E-state index contributed by atoms with van der Waals surface area (Å²) in [5.74, 6) is -0.0331. The largest absolute Gasteiger partial charge is 0.349 e. The van der Waals surface area contributed by atoms with Gasteiger partial charge < -0.3 is 10.6 Å². The van der Waals surface area contributed by atoms with Crippen LogP contribution in [-0.4, -0.2) is 25.0 Å². The summed E-state index contributed by atoms with van der Waals surface area (Å²) in [6.45, 7) is 1.94. The van der Waals surface area contributed by atoms with Crippen molar-refractivity contribution in [1.82, 2.24) is 10.6 Å². The maximum atomic E-state index is 12.0. The van der Waals surface area contributed by atoms with Crippen LogP contribution in [0.15, 0.2) is 22.7 Å². The van der Waals surface area contributed by atoms with Crippen LogP contribution in [0.1, 0.15) is 23.2 Å². The van der Waals surface area contributed by atoms with Crippen molar-refractivity contribution in [2.45, 2.75) is 18.9 Å². The van der Waals surface area contributed by atoms with Gasteiger partial charge in [0, 0.05) is 16.1 Å². The molecular formula is C12H14BrClN2O. The van der Waals surface area contributed by atoms with E-state index in [1.54, 1.807) is 18.2 Å². The maximum Gasteiger partial charge on any atom is 0.251 e. The van der Waals surface area contributed by atoms with E-state index >= 15 is 0 Å². The molecule has 1 aromatic rings. The van der Waals surface area contributed by atoms with Gasteiger partial charge in [-0.25, -0.2) is 0 Å². The van der Waals surface area contributed by atoms with E-state index in [4.69, 9.17) is 11.6 Å². The summed E-state index contributed by atoms with van der Waals surface area (Å²) in [5, 5.41) is 6.92. The molecule has 0 saturated carbocycles. The SMILES string of the molecule is O=C(NC1CCNCC1)c1ccc(Cl)c(Br)c1. The highest BCUT2D eigenvalue weighted by atomic mass is 79.9. The molecule has 2 N–H and O–H groups in total. The molecule has 0 bridgehead atoms. The summed E-state index contributed by atoms with van der Waals surface area (Å²) >= 11 is 9.21. The average Bonchev–Trinajstić information content (AvgIpc) is 2.34. The number of carbonyl (C=O) groups excluding carboxylic acids is 1. The van der Waals surface area contributed by atoms with Crippen molar-refractivity contribution in [1.29, 1.82) is 0 Å². The standard InChI is InChI=1S/C12H14BrClN2O/c13-10-7-8(1-2-11(10)14)12(17)16-9-3-5-15-6-4-9/h1-2,7,9,15H,3-6H2,(H,16,17). The van der Waals surface area contributed by atoms with Crippen LogP contribution >= 0.6 is 27.5 Å². The number of halogens is 2. The topological polar surface area (TPSA) is 41.1 Å². The Morgan fingerprint density at radius 1 is 1.41 bits per heavy atom. The van der Waals surface area contributed by atoms with Gasteiger partial charge in [-0.05, 0) is 60.1 Å². The predicted octanol–water partition coefficient (Wildman–Crippen LogP) is 2.58. The second-order valence-electron chi connectivity index (χ2n) is 4.13. The highest BCUT2D eigenvalue weighted by Crippen LogP contribution is 2.23. The van der Waals surface area contributed by atoms with Gasteiger partial charge in [-0.2, -0.15) is 0 Å². The Morgan fingerprint density at radius 3 is 2.76 bits per heavy atom. The fourth-order valence-electron chi connectivity index (χ4n) is 1.87. The normalized spacial score (nSPS) is 16.8. The van der Waals surface area contributed by atoms with Crippen molar-refractivity contribution in [2.24, 2.45) is 0 Å². The zero-order chi connectivity index (χ0) is 12.3. The highest BCUT2D eigenvalue weighted by Gasteiger charge is 2.16. The van der Waals surface area contributed by atoms with Crippen LogP contribution in [0.5, 0.6) is 0 Å². The quantitative estimate of drug-likeness (QED) is 0.880. The minimum atomic E-state index is -0.0331. The number of hydrogen-bond acceptors (Lipinski definition) is 2. The molecule has 17 heavy (non-hydrogen) atoms. The summed E-state index contributed by atoms with van der Waals surface area (Å²) in [5.41, 5.74) is 0.639. The Morgan fingerprint density at radius 2 is 2.12 bits per heavy atom. The Balaban J connectivity index is 2.01. The van der Waals surface area contributed by atoms with E-state index in [9.17, 15) is 4.79 Å². The maximum absolute atomic E-state index is 12.0. The molecule has 0 spiro atoms. The first kappa shape index (κ1) is 12.9. The van der Waals surface area contributed by atoms with Crippen molar-refractivity contribution < 1.29 is 4.79 Å². The van der Waals surface area contributed by atoms with E-state index in [1.165, 1.54) is 0 Å². The smallest absolute Gasteiger partial charge is 0.251 e. The molecule has 0 atom stereocenters. The van der Waals surface area contributed by atoms with Gasteiger partial charge >= 0.3 is 0 Å². The van der Waals surface area contributed by atoms with E-state index in [0.717, 1.165) is 30.4 Å². The van der Waals surface area contributed by atoms with Gasteiger partial charge in [0.1, 0.15) is 0 Å². The molecule has 1 aliphatic heterocycles. The number of benzene rings is 1. The number of piperidine rings is 1. The van der Waals surface area contributed by atoms with Crippen LogP contribution < -0.4 is 10.6 Å². The molecular weight excluding hydrogens is 304 g/mol. The van der Waals surface area contributed by atoms with E-state index in [-0.39, 0.29) is 11.9 Å². The second-order valence-corrected chi connectivity index (χ2v) is 5.39. The molecule has 0 unspecified atom stereocenters. The lowest BCUT2D eigenvalue weighted by Crippen LogP contribution is -2.42. The molecule has 1 aliphatic rings. The molecule has 1 fully saturated rings. The highest BCUT2D eigenvalue weighted by molar-refractivity contribution is 9.10. The summed E-state index contributed by atoms with van der Waals surface area (Å²) in [4.78, 5) is 12.0. The van der Waals surface area contributed by atoms with Crippen molar-refractivity contribution >= 4 is 33.4 Å². The lowest BCUT2D eigenvalue weighted by atomic mass is 10.1. The molecule has 2 rings (SSSR count). The summed E-state index contributed by atoms with van der Waals surface area (Å²) in [6.07, 6.45) is 1.97. The van der Waals surface area contributed by atoms with Gasteiger partial charge in [-0.1, -0.05) is 11.6 Å². The second kappa shape index (κ2) is 5.85. The number of amides is 1. The fourth-order valence-corrected chi connectivity index (χ4v) is 2.37. The first-order valence-corrected chi connectivity index (χ1v) is 6.80. The van der Waals surface area contributed by atoms with E-state index in [1.807, 2.05) is 0 Å². The molecule has 0 aliphatic carbocycles. The Kier molecular flexibility index (Phi) is 4.42. The van der Waals surface area contributed by atoms with Crippen LogP contribution in [0.4, 0.5) is 0 Å². The van der Waals surface area contributed by atoms with Crippen molar-refractivity contribution in [3.63, 3.8) is 0 Å². The number of carbonyl (C=O) groups is 1.